The fraction of sp³-hybridized carbons (Fsp3) is 0.480. The molecule has 2 aromatic heterocycles. The van der Waals surface area contributed by atoms with Crippen molar-refractivity contribution in [2.45, 2.75) is 65.3 Å². The smallest absolute Gasteiger partial charge is 0.233 e. The minimum Gasteiger partial charge on any atom is -0.496 e. The molecule has 0 radical (unpaired) electrons. The van der Waals surface area contributed by atoms with Crippen LogP contribution in [0.4, 0.5) is 5.13 Å². The van der Waals surface area contributed by atoms with Crippen LogP contribution in [0.5, 0.6) is 5.75 Å². The minimum absolute atomic E-state index is 0.0178. The van der Waals surface area contributed by atoms with E-state index < -0.39 is 0 Å². The van der Waals surface area contributed by atoms with Crippen molar-refractivity contribution in [2.24, 2.45) is 5.92 Å². The molecule has 6 nitrogen and oxygen atoms in total. The van der Waals surface area contributed by atoms with Crippen molar-refractivity contribution in [3.05, 3.63) is 40.5 Å². The molecule has 1 aromatic carbocycles. The van der Waals surface area contributed by atoms with Crippen molar-refractivity contribution in [3.8, 4) is 5.75 Å². The average Bonchev–Trinajstić information content (AvgIpc) is 3.42. The van der Waals surface area contributed by atoms with Gasteiger partial charge in [-0.25, -0.2) is 4.98 Å². The van der Waals surface area contributed by atoms with Gasteiger partial charge in [0, 0.05) is 40.1 Å². The Kier molecular flexibility index (Phi) is 6.65. The number of hydrogen-bond donors (Lipinski definition) is 1. The summed E-state index contributed by atoms with van der Waals surface area (Å²) in [6, 6.07) is 3.93. The van der Waals surface area contributed by atoms with Crippen LogP contribution in [0.2, 0.25) is 0 Å². The van der Waals surface area contributed by atoms with Crippen molar-refractivity contribution in [1.82, 2.24) is 9.97 Å². The molecule has 2 heterocycles. The molecule has 1 N–H and O–H groups in total. The second kappa shape index (κ2) is 9.45. The van der Waals surface area contributed by atoms with Gasteiger partial charge < -0.3 is 9.72 Å². The third kappa shape index (κ3) is 4.18. The van der Waals surface area contributed by atoms with Crippen LogP contribution in [0, 0.1) is 12.8 Å². The number of anilines is 1. The lowest BCUT2D eigenvalue weighted by Crippen LogP contribution is -2.42. The minimum atomic E-state index is -0.178. The summed E-state index contributed by atoms with van der Waals surface area (Å²) in [6.07, 6.45) is 7.47. The van der Waals surface area contributed by atoms with Crippen molar-refractivity contribution in [1.29, 1.82) is 0 Å². The molecule has 7 heteroatoms. The number of aryl methyl sites for hydroxylation is 1. The number of aromatic nitrogens is 2. The van der Waals surface area contributed by atoms with Crippen LogP contribution in [0.25, 0.3) is 10.9 Å². The molecule has 0 aliphatic heterocycles. The van der Waals surface area contributed by atoms with E-state index in [0.29, 0.717) is 11.3 Å². The highest BCUT2D eigenvalue weighted by Crippen LogP contribution is 2.36. The fourth-order valence-electron chi connectivity index (χ4n) is 4.77. The summed E-state index contributed by atoms with van der Waals surface area (Å²) in [6.45, 7) is 5.74. The van der Waals surface area contributed by atoms with Crippen LogP contribution in [-0.4, -0.2) is 34.8 Å². The fourth-order valence-corrected chi connectivity index (χ4v) is 5.50. The number of fused-ring (bicyclic) bond motifs is 1. The molecule has 0 spiro atoms. The topological polar surface area (TPSA) is 75.3 Å². The van der Waals surface area contributed by atoms with Gasteiger partial charge in [0.2, 0.25) is 5.91 Å². The van der Waals surface area contributed by atoms with Gasteiger partial charge in [0.05, 0.1) is 19.1 Å². The van der Waals surface area contributed by atoms with Gasteiger partial charge in [-0.3, -0.25) is 14.5 Å². The Morgan fingerprint density at radius 3 is 2.62 bits per heavy atom. The third-order valence-electron chi connectivity index (χ3n) is 6.40. The standard InChI is InChI=1S/C25H31N3O3S/c1-15(2)24(30)23-20(31-4)11-10-19-22(23)18(16(3)27-19)14-21(29)28(25-26-12-13-32-25)17-8-6-5-7-9-17/h10-13,15,17,27H,5-9,14H2,1-4H3. The summed E-state index contributed by atoms with van der Waals surface area (Å²) in [4.78, 5) is 36.6. The molecule has 0 saturated heterocycles. The lowest BCUT2D eigenvalue weighted by atomic mass is 9.92. The van der Waals surface area contributed by atoms with Gasteiger partial charge in [-0.1, -0.05) is 33.1 Å². The summed E-state index contributed by atoms with van der Waals surface area (Å²) < 4.78 is 5.56. The largest absolute Gasteiger partial charge is 0.496 e. The highest BCUT2D eigenvalue weighted by atomic mass is 32.1. The van der Waals surface area contributed by atoms with E-state index in [9.17, 15) is 9.59 Å². The highest BCUT2D eigenvalue weighted by molar-refractivity contribution is 7.13. The Hall–Kier alpha value is -2.67. The van der Waals surface area contributed by atoms with Gasteiger partial charge in [-0.15, -0.1) is 11.3 Å². The van der Waals surface area contributed by atoms with Crippen molar-refractivity contribution >= 4 is 39.1 Å². The quantitative estimate of drug-likeness (QED) is 0.467. The number of nitrogens with one attached hydrogen (secondary N) is 1. The molecule has 170 valence electrons. The molecule has 4 rings (SSSR count). The van der Waals surface area contributed by atoms with Crippen LogP contribution in [0.3, 0.4) is 0 Å². The number of Topliss-reactive ketones (excluding diaryl/α,β-unsaturated/α-hetero) is 1. The lowest BCUT2D eigenvalue weighted by molar-refractivity contribution is -0.118. The van der Waals surface area contributed by atoms with Gasteiger partial charge in [0.25, 0.3) is 0 Å². The Balaban J connectivity index is 1.78. The van der Waals surface area contributed by atoms with E-state index in [4.69, 9.17) is 4.74 Å². The molecule has 0 atom stereocenters. The number of methoxy groups -OCH3 is 1. The molecule has 0 unspecified atom stereocenters. The summed E-state index contributed by atoms with van der Waals surface area (Å²) in [7, 11) is 1.58. The molecule has 3 aromatic rings. The zero-order valence-corrected chi connectivity index (χ0v) is 20.1. The van der Waals surface area contributed by atoms with E-state index in [0.717, 1.165) is 53.0 Å². The summed E-state index contributed by atoms with van der Waals surface area (Å²) in [5.41, 5.74) is 3.19. The maximum atomic E-state index is 13.7. The first-order valence-corrected chi connectivity index (χ1v) is 12.2. The van der Waals surface area contributed by atoms with Crippen LogP contribution >= 0.6 is 11.3 Å². The summed E-state index contributed by atoms with van der Waals surface area (Å²) in [5.74, 6) is 0.418. The molecule has 32 heavy (non-hydrogen) atoms. The second-order valence-electron chi connectivity index (χ2n) is 8.86. The van der Waals surface area contributed by atoms with Crippen molar-refractivity contribution in [2.75, 3.05) is 12.0 Å². The summed E-state index contributed by atoms with van der Waals surface area (Å²) >= 11 is 1.50. The van der Waals surface area contributed by atoms with Gasteiger partial charge in [0.15, 0.2) is 10.9 Å². The number of carbonyl (C=O) groups is 2. The van der Waals surface area contributed by atoms with E-state index >= 15 is 0 Å². The Bertz CT molecular complexity index is 1110. The second-order valence-corrected chi connectivity index (χ2v) is 9.73. The zero-order valence-electron chi connectivity index (χ0n) is 19.2. The van der Waals surface area contributed by atoms with Gasteiger partial charge in [-0.05, 0) is 37.5 Å². The maximum Gasteiger partial charge on any atom is 0.233 e. The number of aromatic amines is 1. The van der Waals surface area contributed by atoms with E-state index in [1.807, 2.05) is 43.2 Å². The number of ether oxygens (including phenoxy) is 1. The number of thiazole rings is 1. The van der Waals surface area contributed by atoms with Crippen molar-refractivity contribution < 1.29 is 14.3 Å². The van der Waals surface area contributed by atoms with Crippen LogP contribution in [0.1, 0.15) is 67.6 Å². The Morgan fingerprint density at radius 2 is 2.00 bits per heavy atom. The predicted octanol–water partition coefficient (Wildman–Crippen LogP) is 5.69. The zero-order chi connectivity index (χ0) is 22.8. The highest BCUT2D eigenvalue weighted by Gasteiger charge is 2.31. The van der Waals surface area contributed by atoms with E-state index in [-0.39, 0.29) is 30.1 Å². The third-order valence-corrected chi connectivity index (χ3v) is 7.17. The van der Waals surface area contributed by atoms with Gasteiger partial charge in [-0.2, -0.15) is 0 Å². The first-order valence-electron chi connectivity index (χ1n) is 11.4. The average molecular weight is 454 g/mol. The molecule has 1 aliphatic carbocycles. The van der Waals surface area contributed by atoms with E-state index in [1.54, 1.807) is 13.3 Å². The molecular weight excluding hydrogens is 422 g/mol. The lowest BCUT2D eigenvalue weighted by Gasteiger charge is -2.32. The monoisotopic (exact) mass is 453 g/mol. The number of rotatable bonds is 7. The molecule has 1 fully saturated rings. The number of ketones is 1. The SMILES string of the molecule is COc1ccc2[nH]c(C)c(CC(=O)N(c3nccs3)C3CCCCC3)c2c1C(=O)C(C)C. The van der Waals surface area contributed by atoms with E-state index in [2.05, 4.69) is 9.97 Å². The first kappa shape index (κ1) is 22.5. The molecule has 0 bridgehead atoms. The normalized spacial score (nSPS) is 14.8. The summed E-state index contributed by atoms with van der Waals surface area (Å²) in [5, 5.41) is 3.48. The Morgan fingerprint density at radius 1 is 1.25 bits per heavy atom. The van der Waals surface area contributed by atoms with Gasteiger partial charge in [0.1, 0.15) is 5.75 Å². The van der Waals surface area contributed by atoms with Crippen LogP contribution < -0.4 is 9.64 Å². The molecule has 1 aliphatic rings. The number of carbonyl (C=O) groups excluding carboxylic acids is 2. The number of amides is 1. The number of H-pyrrole nitrogens is 1. The van der Waals surface area contributed by atoms with Gasteiger partial charge >= 0.3 is 0 Å². The first-order chi connectivity index (χ1) is 15.4. The molecular formula is C25H31N3O3S. The van der Waals surface area contributed by atoms with E-state index in [1.165, 1.54) is 17.8 Å². The van der Waals surface area contributed by atoms with Crippen molar-refractivity contribution in [3.63, 3.8) is 0 Å². The number of benzene rings is 1. The molecule has 1 saturated carbocycles. The number of hydrogen-bond acceptors (Lipinski definition) is 5. The van der Waals surface area contributed by atoms with Crippen LogP contribution in [-0.2, 0) is 11.2 Å². The maximum absolute atomic E-state index is 13.7. The number of nitrogens with zero attached hydrogens (tertiary/aromatic N) is 2. The molecule has 1 amide bonds. The predicted molar refractivity (Wildman–Crippen MR) is 129 cm³/mol. The van der Waals surface area contributed by atoms with Crippen LogP contribution in [0.15, 0.2) is 23.7 Å². The Labute approximate surface area is 193 Å².